The van der Waals surface area contributed by atoms with Crippen molar-refractivity contribution in [1.82, 2.24) is 10.2 Å². The van der Waals surface area contributed by atoms with Crippen molar-refractivity contribution in [3.63, 3.8) is 0 Å². The molecule has 4 heteroatoms. The highest BCUT2D eigenvalue weighted by molar-refractivity contribution is 7.97. The highest BCUT2D eigenvalue weighted by Gasteiger charge is 2.14. The van der Waals surface area contributed by atoms with Crippen LogP contribution in [0.3, 0.4) is 0 Å². The van der Waals surface area contributed by atoms with Crippen LogP contribution in [-0.2, 0) is 12.3 Å². The minimum Gasteiger partial charge on any atom is -0.464 e. The zero-order valence-electron chi connectivity index (χ0n) is 12.9. The van der Waals surface area contributed by atoms with Crippen LogP contribution in [0, 0.1) is 5.92 Å². The van der Waals surface area contributed by atoms with Crippen LogP contribution in [0.25, 0.3) is 0 Å². The summed E-state index contributed by atoms with van der Waals surface area (Å²) in [5.41, 5.74) is 0. The maximum absolute atomic E-state index is 5.74. The van der Waals surface area contributed by atoms with E-state index in [-0.39, 0.29) is 0 Å². The third-order valence-corrected chi connectivity index (χ3v) is 4.58. The van der Waals surface area contributed by atoms with Gasteiger partial charge in [0.15, 0.2) is 0 Å². The average Bonchev–Trinajstić information content (AvgIpc) is 2.89. The van der Waals surface area contributed by atoms with Gasteiger partial charge in [-0.05, 0) is 69.7 Å². The number of likely N-dealkylation sites (tertiary alicyclic amines) is 1. The van der Waals surface area contributed by atoms with E-state index < -0.39 is 0 Å². The molecule has 0 spiro atoms. The number of hydrogen-bond acceptors (Lipinski definition) is 4. The molecule has 114 valence electrons. The van der Waals surface area contributed by atoms with Gasteiger partial charge in [-0.3, -0.25) is 0 Å². The van der Waals surface area contributed by atoms with E-state index in [0.29, 0.717) is 0 Å². The van der Waals surface area contributed by atoms with Gasteiger partial charge in [0, 0.05) is 0 Å². The van der Waals surface area contributed by atoms with Crippen LogP contribution in [0.2, 0.25) is 0 Å². The quantitative estimate of drug-likeness (QED) is 0.745. The molecule has 3 nitrogen and oxygen atoms in total. The average molecular weight is 296 g/mol. The van der Waals surface area contributed by atoms with Crippen molar-refractivity contribution in [1.29, 1.82) is 0 Å². The number of nitrogens with one attached hydrogen (secondary N) is 1. The van der Waals surface area contributed by atoms with E-state index in [1.54, 1.807) is 11.8 Å². The Hall–Kier alpha value is -0.450. The fourth-order valence-electron chi connectivity index (χ4n) is 2.66. The highest BCUT2D eigenvalue weighted by atomic mass is 32.2. The van der Waals surface area contributed by atoms with Gasteiger partial charge < -0.3 is 14.6 Å². The zero-order chi connectivity index (χ0) is 14.2. The van der Waals surface area contributed by atoms with E-state index >= 15 is 0 Å². The van der Waals surface area contributed by atoms with Gasteiger partial charge >= 0.3 is 0 Å². The van der Waals surface area contributed by atoms with Crippen LogP contribution in [0.15, 0.2) is 16.5 Å². The SMILES string of the molecule is CSCc1ccc(CNCCCN2CCC(C)CC2)o1. The van der Waals surface area contributed by atoms with Crippen molar-refractivity contribution >= 4 is 11.8 Å². The van der Waals surface area contributed by atoms with Gasteiger partial charge in [0.2, 0.25) is 0 Å². The molecular formula is C16H28N2OS. The molecule has 2 heterocycles. The fourth-order valence-corrected chi connectivity index (χ4v) is 3.10. The maximum Gasteiger partial charge on any atom is 0.117 e. The van der Waals surface area contributed by atoms with Gasteiger partial charge in [-0.15, -0.1) is 0 Å². The van der Waals surface area contributed by atoms with Gasteiger partial charge in [0.25, 0.3) is 0 Å². The summed E-state index contributed by atoms with van der Waals surface area (Å²) in [5, 5.41) is 3.48. The van der Waals surface area contributed by atoms with Crippen molar-refractivity contribution < 1.29 is 4.42 Å². The molecule has 0 bridgehead atoms. The van der Waals surface area contributed by atoms with Crippen LogP contribution < -0.4 is 5.32 Å². The van der Waals surface area contributed by atoms with Crippen molar-refractivity contribution in [2.45, 2.75) is 38.5 Å². The van der Waals surface area contributed by atoms with Crippen LogP contribution in [0.5, 0.6) is 0 Å². The molecule has 1 fully saturated rings. The van der Waals surface area contributed by atoms with Crippen LogP contribution in [0.4, 0.5) is 0 Å². The zero-order valence-corrected chi connectivity index (χ0v) is 13.7. The summed E-state index contributed by atoms with van der Waals surface area (Å²) in [7, 11) is 0. The summed E-state index contributed by atoms with van der Waals surface area (Å²) < 4.78 is 5.74. The van der Waals surface area contributed by atoms with Crippen LogP contribution in [0.1, 0.15) is 37.7 Å². The molecule has 1 aromatic rings. The fraction of sp³-hybridized carbons (Fsp3) is 0.750. The minimum atomic E-state index is 0.853. The molecule has 20 heavy (non-hydrogen) atoms. The molecule has 0 atom stereocenters. The van der Waals surface area contributed by atoms with Crippen molar-refractivity contribution in [3.8, 4) is 0 Å². The lowest BCUT2D eigenvalue weighted by molar-refractivity contribution is 0.190. The second kappa shape index (κ2) is 8.75. The molecule has 1 aliphatic heterocycles. The second-order valence-electron chi connectivity index (χ2n) is 5.86. The molecule has 0 amide bonds. The first kappa shape index (κ1) is 15.9. The molecule has 1 N–H and O–H groups in total. The van der Waals surface area contributed by atoms with Gasteiger partial charge in [-0.25, -0.2) is 0 Å². The monoisotopic (exact) mass is 296 g/mol. The predicted molar refractivity (Wildman–Crippen MR) is 87.1 cm³/mol. The van der Waals surface area contributed by atoms with Gasteiger partial charge in [0.05, 0.1) is 12.3 Å². The van der Waals surface area contributed by atoms with Crippen LogP contribution >= 0.6 is 11.8 Å². The Morgan fingerprint density at radius 1 is 1.30 bits per heavy atom. The topological polar surface area (TPSA) is 28.4 Å². The third-order valence-electron chi connectivity index (χ3n) is 4.01. The molecular weight excluding hydrogens is 268 g/mol. The Morgan fingerprint density at radius 2 is 2.05 bits per heavy atom. The normalized spacial score (nSPS) is 17.7. The Labute approximate surface area is 127 Å². The summed E-state index contributed by atoms with van der Waals surface area (Å²) in [6.07, 6.45) is 6.07. The standard InChI is InChI=1S/C16H28N2OS/c1-14-6-10-18(11-7-14)9-3-8-17-12-15-4-5-16(19-15)13-20-2/h4-5,14,17H,3,6-13H2,1-2H3. The van der Waals surface area contributed by atoms with Gasteiger partial charge in [-0.1, -0.05) is 6.92 Å². The van der Waals surface area contributed by atoms with E-state index in [1.165, 1.54) is 38.9 Å². The molecule has 0 radical (unpaired) electrons. The number of furan rings is 1. The van der Waals surface area contributed by atoms with E-state index in [9.17, 15) is 0 Å². The smallest absolute Gasteiger partial charge is 0.117 e. The lowest BCUT2D eigenvalue weighted by atomic mass is 9.99. The minimum absolute atomic E-state index is 0.853. The number of rotatable bonds is 8. The molecule has 0 aromatic carbocycles. The Bertz CT molecular complexity index is 372. The largest absolute Gasteiger partial charge is 0.464 e. The van der Waals surface area contributed by atoms with E-state index in [1.807, 2.05) is 0 Å². The molecule has 2 rings (SSSR count). The Kier molecular flexibility index (Phi) is 6.97. The third kappa shape index (κ3) is 5.51. The first-order chi connectivity index (χ1) is 9.78. The predicted octanol–water partition coefficient (Wildman–Crippen LogP) is 3.35. The molecule has 1 saturated heterocycles. The van der Waals surface area contributed by atoms with Crippen molar-refractivity contribution in [2.75, 3.05) is 32.4 Å². The van der Waals surface area contributed by atoms with Crippen molar-refractivity contribution in [3.05, 3.63) is 23.7 Å². The molecule has 0 unspecified atom stereocenters. The Balaban J connectivity index is 1.52. The first-order valence-corrected chi connectivity index (χ1v) is 9.17. The summed E-state index contributed by atoms with van der Waals surface area (Å²) in [6, 6.07) is 4.17. The lowest BCUT2D eigenvalue weighted by Gasteiger charge is -2.30. The van der Waals surface area contributed by atoms with E-state index in [4.69, 9.17) is 4.42 Å². The molecule has 1 aromatic heterocycles. The first-order valence-electron chi connectivity index (χ1n) is 7.77. The number of nitrogens with zero attached hydrogens (tertiary/aromatic N) is 1. The highest BCUT2D eigenvalue weighted by Crippen LogP contribution is 2.16. The second-order valence-corrected chi connectivity index (χ2v) is 6.72. The summed E-state index contributed by atoms with van der Waals surface area (Å²) >= 11 is 1.80. The van der Waals surface area contributed by atoms with Gasteiger partial charge in [0.1, 0.15) is 11.5 Å². The number of hydrogen-bond donors (Lipinski definition) is 1. The maximum atomic E-state index is 5.74. The summed E-state index contributed by atoms with van der Waals surface area (Å²) in [5.74, 6) is 4.03. The lowest BCUT2D eigenvalue weighted by Crippen LogP contribution is -2.34. The number of piperidine rings is 1. The van der Waals surface area contributed by atoms with E-state index in [2.05, 4.69) is 35.5 Å². The van der Waals surface area contributed by atoms with Crippen molar-refractivity contribution in [2.24, 2.45) is 5.92 Å². The molecule has 0 saturated carbocycles. The Morgan fingerprint density at radius 3 is 2.80 bits per heavy atom. The van der Waals surface area contributed by atoms with Gasteiger partial charge in [-0.2, -0.15) is 11.8 Å². The molecule has 1 aliphatic rings. The summed E-state index contributed by atoms with van der Waals surface area (Å²) in [4.78, 5) is 2.60. The summed E-state index contributed by atoms with van der Waals surface area (Å²) in [6.45, 7) is 8.11. The van der Waals surface area contributed by atoms with Crippen LogP contribution in [-0.4, -0.2) is 37.3 Å². The molecule has 0 aliphatic carbocycles. The van der Waals surface area contributed by atoms with E-state index in [0.717, 1.165) is 36.3 Å². The number of thioether (sulfide) groups is 1.